The van der Waals surface area contributed by atoms with E-state index in [0.717, 1.165) is 0 Å². The van der Waals surface area contributed by atoms with Crippen LogP contribution < -0.4 is 0 Å². The summed E-state index contributed by atoms with van der Waals surface area (Å²) in [7, 11) is 0. The van der Waals surface area contributed by atoms with Gasteiger partial charge in [0.2, 0.25) is 0 Å². The van der Waals surface area contributed by atoms with Gasteiger partial charge in [-0.1, -0.05) is 88.4 Å². The van der Waals surface area contributed by atoms with E-state index in [2.05, 4.69) is 63.4 Å². The van der Waals surface area contributed by atoms with Crippen molar-refractivity contribution < 1.29 is 0 Å². The van der Waals surface area contributed by atoms with Crippen molar-refractivity contribution in [1.29, 1.82) is 0 Å². The molecule has 2 unspecified atom stereocenters. The van der Waals surface area contributed by atoms with Gasteiger partial charge in [-0.3, -0.25) is 0 Å². The van der Waals surface area contributed by atoms with Crippen LogP contribution in [0.3, 0.4) is 0 Å². The van der Waals surface area contributed by atoms with Gasteiger partial charge in [0.15, 0.2) is 0 Å². The molecule has 0 heterocycles. The fraction of sp³-hybridized carbons (Fsp3) is 0.333. The van der Waals surface area contributed by atoms with E-state index in [9.17, 15) is 0 Å². The molecule has 0 N–H and O–H groups in total. The zero-order chi connectivity index (χ0) is 13.4. The van der Waals surface area contributed by atoms with Crippen LogP contribution in [0.4, 0.5) is 0 Å². The zero-order valence-electron chi connectivity index (χ0n) is 11.6. The molecule has 0 saturated carbocycles. The van der Waals surface area contributed by atoms with Gasteiger partial charge in [-0.05, 0) is 17.1 Å². The lowest BCUT2D eigenvalue weighted by molar-refractivity contribution is 0.468. The van der Waals surface area contributed by atoms with Crippen LogP contribution in [0.1, 0.15) is 38.2 Å². The van der Waals surface area contributed by atoms with Gasteiger partial charge in [0.05, 0.1) is 0 Å². The average Bonchev–Trinajstić information content (AvgIpc) is 2.39. The molecule has 0 fully saturated rings. The maximum Gasteiger partial charge on any atom is 0.0115 e. The van der Waals surface area contributed by atoms with Crippen LogP contribution in [-0.2, 0) is 0 Å². The lowest BCUT2D eigenvalue weighted by Gasteiger charge is -2.25. The number of allylic oxidation sites excluding steroid dienone is 4. The Labute approximate surface area is 112 Å². The first-order valence-electron chi connectivity index (χ1n) is 6.74. The Bertz CT molecular complexity index is 397. The molecule has 0 aliphatic rings. The standard InChI is InChI=1S/C18H24/c1-5-11-15(4)18(16(7-3)12-6-2)17-13-9-8-10-14-17/h6-10,12-15,18H,2-3,5,11H2,1,4H3/b16-12+. The van der Waals surface area contributed by atoms with Gasteiger partial charge >= 0.3 is 0 Å². The minimum absolute atomic E-state index is 0.418. The predicted molar refractivity (Wildman–Crippen MR) is 81.7 cm³/mol. The monoisotopic (exact) mass is 240 g/mol. The maximum absolute atomic E-state index is 3.95. The molecule has 0 heteroatoms. The molecule has 0 aliphatic carbocycles. The molecule has 1 aromatic carbocycles. The second-order valence-electron chi connectivity index (χ2n) is 4.76. The first-order valence-corrected chi connectivity index (χ1v) is 6.74. The van der Waals surface area contributed by atoms with Crippen molar-refractivity contribution in [1.82, 2.24) is 0 Å². The van der Waals surface area contributed by atoms with Crippen LogP contribution in [0, 0.1) is 5.92 Å². The molecule has 96 valence electrons. The van der Waals surface area contributed by atoms with Gasteiger partial charge in [-0.2, -0.15) is 0 Å². The summed E-state index contributed by atoms with van der Waals surface area (Å²) in [6.45, 7) is 12.3. The van der Waals surface area contributed by atoms with E-state index < -0.39 is 0 Å². The van der Waals surface area contributed by atoms with Crippen LogP contribution >= 0.6 is 0 Å². The summed E-state index contributed by atoms with van der Waals surface area (Å²) in [6.07, 6.45) is 8.33. The summed E-state index contributed by atoms with van der Waals surface area (Å²) in [4.78, 5) is 0. The van der Waals surface area contributed by atoms with Crippen molar-refractivity contribution in [3.8, 4) is 0 Å². The molecule has 1 aromatic rings. The highest BCUT2D eigenvalue weighted by molar-refractivity contribution is 5.36. The second-order valence-corrected chi connectivity index (χ2v) is 4.76. The quantitative estimate of drug-likeness (QED) is 0.552. The minimum atomic E-state index is 0.418. The Kier molecular flexibility index (Phi) is 6.21. The summed E-state index contributed by atoms with van der Waals surface area (Å²) in [5.74, 6) is 1.03. The topological polar surface area (TPSA) is 0 Å². The molecule has 0 aliphatic heterocycles. The molecule has 0 aromatic heterocycles. The van der Waals surface area contributed by atoms with Crippen LogP contribution in [0.2, 0.25) is 0 Å². The SMILES string of the molecule is C=C/C=C(\C=C)C(c1ccccc1)C(C)CCC. The van der Waals surface area contributed by atoms with Crippen LogP contribution in [0.15, 0.2) is 67.3 Å². The Morgan fingerprint density at radius 2 is 1.89 bits per heavy atom. The molecular formula is C18H24. The van der Waals surface area contributed by atoms with Crippen LogP contribution in [0.5, 0.6) is 0 Å². The lowest BCUT2D eigenvalue weighted by Crippen LogP contribution is -2.11. The zero-order valence-corrected chi connectivity index (χ0v) is 11.6. The predicted octanol–water partition coefficient (Wildman–Crippen LogP) is 5.50. The Morgan fingerprint density at radius 3 is 2.39 bits per heavy atom. The molecule has 2 atom stereocenters. The van der Waals surface area contributed by atoms with E-state index in [-0.39, 0.29) is 0 Å². The number of benzene rings is 1. The Morgan fingerprint density at radius 1 is 1.22 bits per heavy atom. The smallest absolute Gasteiger partial charge is 0.0115 e. The third-order valence-corrected chi connectivity index (χ3v) is 3.38. The molecule has 0 bridgehead atoms. The number of rotatable bonds is 7. The fourth-order valence-corrected chi connectivity index (χ4v) is 2.57. The van der Waals surface area contributed by atoms with Crippen molar-refractivity contribution in [2.45, 2.75) is 32.6 Å². The molecule has 0 spiro atoms. The maximum atomic E-state index is 3.95. The van der Waals surface area contributed by atoms with Crippen molar-refractivity contribution in [3.05, 3.63) is 72.9 Å². The second kappa shape index (κ2) is 7.71. The number of hydrogen-bond acceptors (Lipinski definition) is 0. The summed E-state index contributed by atoms with van der Waals surface area (Å²) in [5, 5.41) is 0. The Balaban J connectivity index is 3.13. The summed E-state index contributed by atoms with van der Waals surface area (Å²) in [6, 6.07) is 10.7. The number of hydrogen-bond donors (Lipinski definition) is 0. The van der Waals surface area contributed by atoms with E-state index >= 15 is 0 Å². The molecular weight excluding hydrogens is 216 g/mol. The van der Waals surface area contributed by atoms with E-state index in [4.69, 9.17) is 0 Å². The van der Waals surface area contributed by atoms with Gasteiger partial charge in [0.1, 0.15) is 0 Å². The molecule has 0 radical (unpaired) electrons. The van der Waals surface area contributed by atoms with Gasteiger partial charge in [-0.25, -0.2) is 0 Å². The third kappa shape index (κ3) is 3.73. The fourth-order valence-electron chi connectivity index (χ4n) is 2.57. The highest BCUT2D eigenvalue weighted by Gasteiger charge is 2.20. The lowest BCUT2D eigenvalue weighted by atomic mass is 9.79. The minimum Gasteiger partial charge on any atom is -0.0991 e. The van der Waals surface area contributed by atoms with Gasteiger partial charge in [0.25, 0.3) is 0 Å². The van der Waals surface area contributed by atoms with E-state index in [0.29, 0.717) is 11.8 Å². The summed E-state index contributed by atoms with van der Waals surface area (Å²) in [5.41, 5.74) is 2.63. The van der Waals surface area contributed by atoms with Crippen LogP contribution in [-0.4, -0.2) is 0 Å². The Hall–Kier alpha value is -1.56. The highest BCUT2D eigenvalue weighted by atomic mass is 14.2. The molecule has 18 heavy (non-hydrogen) atoms. The van der Waals surface area contributed by atoms with Gasteiger partial charge in [-0.15, -0.1) is 0 Å². The highest BCUT2D eigenvalue weighted by Crippen LogP contribution is 2.35. The van der Waals surface area contributed by atoms with Gasteiger partial charge < -0.3 is 0 Å². The normalized spacial score (nSPS) is 14.9. The molecule has 0 saturated heterocycles. The summed E-state index contributed by atoms with van der Waals surface area (Å²) >= 11 is 0. The van der Waals surface area contributed by atoms with Crippen molar-refractivity contribution in [3.63, 3.8) is 0 Å². The summed E-state index contributed by atoms with van der Waals surface area (Å²) < 4.78 is 0. The van der Waals surface area contributed by atoms with Crippen LogP contribution in [0.25, 0.3) is 0 Å². The van der Waals surface area contributed by atoms with Crippen molar-refractivity contribution in [2.24, 2.45) is 5.92 Å². The first kappa shape index (κ1) is 14.5. The van der Waals surface area contributed by atoms with E-state index in [1.54, 1.807) is 0 Å². The largest absolute Gasteiger partial charge is 0.0991 e. The van der Waals surface area contributed by atoms with E-state index in [1.165, 1.54) is 24.0 Å². The van der Waals surface area contributed by atoms with Crippen molar-refractivity contribution >= 4 is 0 Å². The van der Waals surface area contributed by atoms with Gasteiger partial charge in [0, 0.05) is 5.92 Å². The molecule has 1 rings (SSSR count). The average molecular weight is 240 g/mol. The van der Waals surface area contributed by atoms with Crippen molar-refractivity contribution in [2.75, 3.05) is 0 Å². The third-order valence-electron chi connectivity index (χ3n) is 3.38. The van der Waals surface area contributed by atoms with E-state index in [1.807, 2.05) is 12.2 Å². The first-order chi connectivity index (χ1) is 8.74. The molecule has 0 amide bonds. The molecule has 0 nitrogen and oxygen atoms in total.